The highest BCUT2D eigenvalue weighted by molar-refractivity contribution is 5.88. The van der Waals surface area contributed by atoms with Gasteiger partial charge in [0.25, 0.3) is 0 Å². The molecule has 2 rings (SSSR count). The standard InChI is InChI=1S/C12H16N4O3/c1-4-18-12(17)9-5-13-16(6-9)7-10-14-11(8(2)3)19-15-10/h5-6,8H,4,7H2,1-3H3. The van der Waals surface area contributed by atoms with Gasteiger partial charge in [-0.15, -0.1) is 0 Å². The Bertz CT molecular complexity index is 559. The van der Waals surface area contributed by atoms with Gasteiger partial charge in [0.15, 0.2) is 5.82 Å². The van der Waals surface area contributed by atoms with Crippen molar-refractivity contribution >= 4 is 5.97 Å². The van der Waals surface area contributed by atoms with E-state index in [9.17, 15) is 4.79 Å². The second-order valence-corrected chi connectivity index (χ2v) is 4.35. The number of esters is 1. The molecular formula is C12H16N4O3. The minimum atomic E-state index is -0.385. The lowest BCUT2D eigenvalue weighted by Crippen LogP contribution is -2.04. The summed E-state index contributed by atoms with van der Waals surface area (Å²) in [6.07, 6.45) is 3.06. The zero-order chi connectivity index (χ0) is 13.8. The Hall–Kier alpha value is -2.18. The summed E-state index contributed by atoms with van der Waals surface area (Å²) in [6.45, 7) is 6.41. The first-order valence-corrected chi connectivity index (χ1v) is 6.12. The van der Waals surface area contributed by atoms with Crippen molar-refractivity contribution in [1.82, 2.24) is 19.9 Å². The number of carbonyl (C=O) groups is 1. The molecule has 7 nitrogen and oxygen atoms in total. The fourth-order valence-corrected chi connectivity index (χ4v) is 1.48. The van der Waals surface area contributed by atoms with Gasteiger partial charge in [0.05, 0.1) is 18.4 Å². The summed E-state index contributed by atoms with van der Waals surface area (Å²) in [5.41, 5.74) is 0.412. The van der Waals surface area contributed by atoms with E-state index >= 15 is 0 Å². The predicted octanol–water partition coefficient (Wildman–Crippen LogP) is 1.61. The molecule has 0 aliphatic heterocycles. The molecule has 0 fully saturated rings. The Morgan fingerprint density at radius 3 is 2.95 bits per heavy atom. The molecule has 0 N–H and O–H groups in total. The second-order valence-electron chi connectivity index (χ2n) is 4.35. The van der Waals surface area contributed by atoms with Crippen LogP contribution in [0.3, 0.4) is 0 Å². The fourth-order valence-electron chi connectivity index (χ4n) is 1.48. The predicted molar refractivity (Wildman–Crippen MR) is 65.7 cm³/mol. The van der Waals surface area contributed by atoms with Gasteiger partial charge < -0.3 is 9.26 Å². The van der Waals surface area contributed by atoms with Crippen LogP contribution in [-0.2, 0) is 11.3 Å². The molecule has 0 amide bonds. The lowest BCUT2D eigenvalue weighted by atomic mass is 10.2. The average Bonchev–Trinajstić information content (AvgIpc) is 2.99. The van der Waals surface area contributed by atoms with Crippen molar-refractivity contribution in [3.8, 4) is 0 Å². The lowest BCUT2D eigenvalue weighted by Gasteiger charge is -1.97. The fraction of sp³-hybridized carbons (Fsp3) is 0.500. The Morgan fingerprint density at radius 1 is 1.53 bits per heavy atom. The highest BCUT2D eigenvalue weighted by atomic mass is 16.5. The first kappa shape index (κ1) is 13.3. The van der Waals surface area contributed by atoms with E-state index in [1.807, 2.05) is 13.8 Å². The number of carbonyl (C=O) groups excluding carboxylic acids is 1. The van der Waals surface area contributed by atoms with Crippen molar-refractivity contribution in [3.63, 3.8) is 0 Å². The normalized spacial score (nSPS) is 10.9. The molecule has 0 bridgehead atoms. The van der Waals surface area contributed by atoms with E-state index in [2.05, 4.69) is 15.2 Å². The van der Waals surface area contributed by atoms with Crippen LogP contribution in [0.1, 0.15) is 48.8 Å². The van der Waals surface area contributed by atoms with E-state index in [4.69, 9.17) is 9.26 Å². The first-order chi connectivity index (χ1) is 9.10. The van der Waals surface area contributed by atoms with Gasteiger partial charge in [0.1, 0.15) is 6.54 Å². The molecule has 0 atom stereocenters. The molecule has 0 aromatic carbocycles. The van der Waals surface area contributed by atoms with Crippen LogP contribution in [-0.4, -0.2) is 32.5 Å². The summed E-state index contributed by atoms with van der Waals surface area (Å²) in [4.78, 5) is 15.7. The van der Waals surface area contributed by atoms with Gasteiger partial charge in [-0.3, -0.25) is 4.68 Å². The molecule has 0 saturated heterocycles. The Morgan fingerprint density at radius 2 is 2.32 bits per heavy atom. The van der Waals surface area contributed by atoms with Gasteiger partial charge in [-0.2, -0.15) is 10.1 Å². The molecule has 2 aromatic rings. The van der Waals surface area contributed by atoms with E-state index in [-0.39, 0.29) is 11.9 Å². The summed E-state index contributed by atoms with van der Waals surface area (Å²) in [7, 11) is 0. The van der Waals surface area contributed by atoms with Crippen LogP contribution < -0.4 is 0 Å². The van der Waals surface area contributed by atoms with Crippen LogP contribution in [0.4, 0.5) is 0 Å². The summed E-state index contributed by atoms with van der Waals surface area (Å²) in [5, 5.41) is 7.92. The Kier molecular flexibility index (Phi) is 3.94. The van der Waals surface area contributed by atoms with E-state index in [0.29, 0.717) is 30.4 Å². The van der Waals surface area contributed by atoms with Crippen LogP contribution in [0.2, 0.25) is 0 Å². The van der Waals surface area contributed by atoms with Gasteiger partial charge in [0, 0.05) is 12.1 Å². The van der Waals surface area contributed by atoms with Crippen LogP contribution in [0.5, 0.6) is 0 Å². The van der Waals surface area contributed by atoms with Gasteiger partial charge >= 0.3 is 5.97 Å². The molecule has 0 aliphatic rings. The third-order valence-electron chi connectivity index (χ3n) is 2.43. The maximum absolute atomic E-state index is 11.5. The lowest BCUT2D eigenvalue weighted by molar-refractivity contribution is 0.0526. The van der Waals surface area contributed by atoms with E-state index in [1.165, 1.54) is 6.20 Å². The molecule has 102 valence electrons. The molecule has 0 unspecified atom stereocenters. The molecule has 7 heteroatoms. The second kappa shape index (κ2) is 5.64. The maximum Gasteiger partial charge on any atom is 0.341 e. The van der Waals surface area contributed by atoms with Gasteiger partial charge in [0.2, 0.25) is 5.89 Å². The number of ether oxygens (including phenoxy) is 1. The summed E-state index contributed by atoms with van der Waals surface area (Å²) in [6, 6.07) is 0. The van der Waals surface area contributed by atoms with Crippen LogP contribution in [0, 0.1) is 0 Å². The largest absolute Gasteiger partial charge is 0.462 e. The van der Waals surface area contributed by atoms with Crippen molar-refractivity contribution < 1.29 is 14.1 Å². The van der Waals surface area contributed by atoms with E-state index in [1.54, 1.807) is 17.8 Å². The van der Waals surface area contributed by atoms with E-state index < -0.39 is 0 Å². The topological polar surface area (TPSA) is 83.0 Å². The molecule has 19 heavy (non-hydrogen) atoms. The molecule has 0 aliphatic carbocycles. The van der Waals surface area contributed by atoms with Crippen LogP contribution in [0.15, 0.2) is 16.9 Å². The summed E-state index contributed by atoms with van der Waals surface area (Å²) in [5.74, 6) is 0.925. The van der Waals surface area contributed by atoms with Crippen molar-refractivity contribution in [2.75, 3.05) is 6.61 Å². The highest BCUT2D eigenvalue weighted by Gasteiger charge is 2.13. The quantitative estimate of drug-likeness (QED) is 0.763. The Labute approximate surface area is 110 Å². The van der Waals surface area contributed by atoms with Crippen LogP contribution >= 0.6 is 0 Å². The van der Waals surface area contributed by atoms with Crippen molar-refractivity contribution in [2.45, 2.75) is 33.2 Å². The number of aromatic nitrogens is 4. The number of hydrogen-bond donors (Lipinski definition) is 0. The van der Waals surface area contributed by atoms with Crippen molar-refractivity contribution in [3.05, 3.63) is 29.7 Å². The first-order valence-electron chi connectivity index (χ1n) is 6.12. The maximum atomic E-state index is 11.5. The third kappa shape index (κ3) is 3.18. The minimum Gasteiger partial charge on any atom is -0.462 e. The van der Waals surface area contributed by atoms with Gasteiger partial charge in [-0.1, -0.05) is 19.0 Å². The summed E-state index contributed by atoms with van der Waals surface area (Å²) >= 11 is 0. The smallest absolute Gasteiger partial charge is 0.341 e. The molecule has 0 radical (unpaired) electrons. The highest BCUT2D eigenvalue weighted by Crippen LogP contribution is 2.11. The number of hydrogen-bond acceptors (Lipinski definition) is 6. The monoisotopic (exact) mass is 264 g/mol. The third-order valence-corrected chi connectivity index (χ3v) is 2.43. The molecule has 0 spiro atoms. The zero-order valence-corrected chi connectivity index (χ0v) is 11.2. The number of rotatable bonds is 5. The minimum absolute atomic E-state index is 0.189. The summed E-state index contributed by atoms with van der Waals surface area (Å²) < 4.78 is 11.6. The van der Waals surface area contributed by atoms with Gasteiger partial charge in [-0.25, -0.2) is 4.79 Å². The molecular weight excluding hydrogens is 248 g/mol. The van der Waals surface area contributed by atoms with E-state index in [0.717, 1.165) is 0 Å². The molecule has 2 aromatic heterocycles. The van der Waals surface area contributed by atoms with Crippen molar-refractivity contribution in [2.24, 2.45) is 0 Å². The zero-order valence-electron chi connectivity index (χ0n) is 11.2. The average molecular weight is 264 g/mol. The van der Waals surface area contributed by atoms with Crippen molar-refractivity contribution in [1.29, 1.82) is 0 Å². The molecule has 0 saturated carbocycles. The SMILES string of the molecule is CCOC(=O)c1cnn(Cc2noc(C(C)C)n2)c1. The van der Waals surface area contributed by atoms with Crippen LogP contribution in [0.25, 0.3) is 0 Å². The number of nitrogens with zero attached hydrogens (tertiary/aromatic N) is 4. The van der Waals surface area contributed by atoms with Gasteiger partial charge in [-0.05, 0) is 6.92 Å². The molecule has 2 heterocycles. The Balaban J connectivity index is 2.04.